The summed E-state index contributed by atoms with van der Waals surface area (Å²) in [6.07, 6.45) is 5.71. The Bertz CT molecular complexity index is 1140. The summed E-state index contributed by atoms with van der Waals surface area (Å²) in [7, 11) is 0. The molecule has 0 nitrogen and oxygen atoms in total. The molecule has 4 aromatic rings. The van der Waals surface area contributed by atoms with Crippen molar-refractivity contribution < 1.29 is 0 Å². The smallest absolute Gasteiger partial charge is 0.00513 e. The van der Waals surface area contributed by atoms with E-state index in [1.807, 2.05) is 0 Å². The van der Waals surface area contributed by atoms with Crippen LogP contribution < -0.4 is 0 Å². The summed E-state index contributed by atoms with van der Waals surface area (Å²) in [5.74, 6) is 0. The van der Waals surface area contributed by atoms with Crippen molar-refractivity contribution in [2.45, 2.75) is 19.3 Å². The van der Waals surface area contributed by atoms with Crippen LogP contribution in [0.2, 0.25) is 0 Å². The monoisotopic (exact) mass is 372 g/mol. The Balaban J connectivity index is 1.53. The molecule has 0 spiro atoms. The Kier molecular flexibility index (Phi) is 4.84. The zero-order chi connectivity index (χ0) is 19.5. The molecule has 1 aliphatic carbocycles. The van der Waals surface area contributed by atoms with Gasteiger partial charge in [-0.3, -0.25) is 0 Å². The van der Waals surface area contributed by atoms with Crippen LogP contribution in [0.3, 0.4) is 0 Å². The van der Waals surface area contributed by atoms with Gasteiger partial charge in [0.2, 0.25) is 0 Å². The third-order valence-electron chi connectivity index (χ3n) is 5.86. The molecule has 0 aliphatic heterocycles. The molecule has 0 aromatic heterocycles. The lowest BCUT2D eigenvalue weighted by Gasteiger charge is -2.14. The fourth-order valence-corrected chi connectivity index (χ4v) is 4.37. The molecule has 0 radical (unpaired) electrons. The molecule has 1 aliphatic rings. The first-order valence-electron chi connectivity index (χ1n) is 10.4. The molecule has 0 saturated carbocycles. The molecule has 0 unspecified atom stereocenters. The number of allylic oxidation sites excluding steroid dienone is 1. The van der Waals surface area contributed by atoms with Gasteiger partial charge in [0, 0.05) is 0 Å². The highest BCUT2D eigenvalue weighted by Crippen LogP contribution is 2.40. The zero-order valence-corrected chi connectivity index (χ0v) is 16.5. The minimum absolute atomic E-state index is 1.05. The maximum atomic E-state index is 2.45. The fraction of sp³-hybridized carbons (Fsp3) is 0.103. The molecular weight excluding hydrogens is 348 g/mol. The highest BCUT2D eigenvalue weighted by atomic mass is 14.2. The molecule has 0 atom stereocenters. The van der Waals surface area contributed by atoms with Crippen LogP contribution in [0, 0.1) is 0 Å². The fourth-order valence-electron chi connectivity index (χ4n) is 4.37. The van der Waals surface area contributed by atoms with Crippen molar-refractivity contribution in [2.24, 2.45) is 0 Å². The molecule has 5 rings (SSSR count). The topological polar surface area (TPSA) is 0 Å². The average Bonchev–Trinajstić information content (AvgIpc) is 3.23. The van der Waals surface area contributed by atoms with E-state index in [1.165, 1.54) is 44.5 Å². The minimum atomic E-state index is 1.05. The van der Waals surface area contributed by atoms with Gasteiger partial charge in [0.1, 0.15) is 0 Å². The number of aryl methyl sites for hydroxylation is 1. The van der Waals surface area contributed by atoms with Crippen LogP contribution in [0.5, 0.6) is 0 Å². The molecule has 29 heavy (non-hydrogen) atoms. The molecule has 0 heterocycles. The molecule has 0 N–H and O–H groups in total. The molecule has 4 aromatic carbocycles. The van der Waals surface area contributed by atoms with Crippen LogP contribution in [0.15, 0.2) is 109 Å². The predicted octanol–water partition coefficient (Wildman–Crippen LogP) is 7.59. The third-order valence-corrected chi connectivity index (χ3v) is 5.86. The van der Waals surface area contributed by atoms with Gasteiger partial charge in [-0.25, -0.2) is 0 Å². The van der Waals surface area contributed by atoms with E-state index in [-0.39, 0.29) is 0 Å². The Morgan fingerprint density at radius 2 is 1.07 bits per heavy atom. The van der Waals surface area contributed by atoms with E-state index in [0.717, 1.165) is 19.3 Å². The Morgan fingerprint density at radius 3 is 1.72 bits per heavy atom. The zero-order valence-electron chi connectivity index (χ0n) is 16.5. The number of fused-ring (bicyclic) bond motifs is 1. The largest absolute Gasteiger partial charge is 0.0648 e. The highest BCUT2D eigenvalue weighted by molar-refractivity contribution is 5.87. The first kappa shape index (κ1) is 17.7. The second kappa shape index (κ2) is 7.93. The highest BCUT2D eigenvalue weighted by Gasteiger charge is 2.20. The van der Waals surface area contributed by atoms with Gasteiger partial charge in [-0.1, -0.05) is 115 Å². The summed E-state index contributed by atoms with van der Waals surface area (Å²) in [6.45, 7) is 0. The van der Waals surface area contributed by atoms with Crippen LogP contribution in [-0.4, -0.2) is 0 Å². The van der Waals surface area contributed by atoms with Crippen LogP contribution >= 0.6 is 0 Å². The lowest BCUT2D eigenvalue weighted by atomic mass is 9.90. The first-order valence-corrected chi connectivity index (χ1v) is 10.4. The molecule has 0 amide bonds. The van der Waals surface area contributed by atoms with Crippen LogP contribution in [0.1, 0.15) is 23.1 Å². The Morgan fingerprint density at radius 1 is 0.517 bits per heavy atom. The standard InChI is InChI=1S/C29H24/c1-4-10-22(11-5-1)16-17-23-20-28-26(24-12-6-2-7-13-24)18-19-27(29(28)21-23)25-14-8-3-9-15-25/h1-15,18-20H,16-17,21H2. The number of hydrogen-bond acceptors (Lipinski definition) is 0. The summed E-state index contributed by atoms with van der Waals surface area (Å²) in [5, 5.41) is 0. The van der Waals surface area contributed by atoms with Crippen molar-refractivity contribution in [3.05, 3.63) is 125 Å². The second-order valence-corrected chi connectivity index (χ2v) is 7.75. The normalized spacial score (nSPS) is 12.5. The summed E-state index contributed by atoms with van der Waals surface area (Å²) in [5.41, 5.74) is 11.1. The van der Waals surface area contributed by atoms with Crippen LogP contribution in [0.4, 0.5) is 0 Å². The predicted molar refractivity (Wildman–Crippen MR) is 124 cm³/mol. The maximum Gasteiger partial charge on any atom is -0.00513 e. The lowest BCUT2D eigenvalue weighted by molar-refractivity contribution is 0.918. The van der Waals surface area contributed by atoms with Gasteiger partial charge in [0.05, 0.1) is 0 Å². The molecule has 140 valence electrons. The van der Waals surface area contributed by atoms with E-state index in [4.69, 9.17) is 0 Å². The van der Waals surface area contributed by atoms with E-state index in [9.17, 15) is 0 Å². The summed E-state index contributed by atoms with van der Waals surface area (Å²) < 4.78 is 0. The van der Waals surface area contributed by atoms with Gasteiger partial charge < -0.3 is 0 Å². The van der Waals surface area contributed by atoms with Gasteiger partial charge in [-0.15, -0.1) is 0 Å². The summed E-state index contributed by atoms with van der Waals surface area (Å²) in [4.78, 5) is 0. The quantitative estimate of drug-likeness (QED) is 0.338. The van der Waals surface area contributed by atoms with Gasteiger partial charge in [0.25, 0.3) is 0 Å². The molecule has 0 fully saturated rings. The van der Waals surface area contributed by atoms with E-state index in [2.05, 4.69) is 109 Å². The van der Waals surface area contributed by atoms with E-state index < -0.39 is 0 Å². The SMILES string of the molecule is C1=C(CCc2ccccc2)Cc2c(-c3ccccc3)ccc(-c3ccccc3)c21. The van der Waals surface area contributed by atoms with Crippen molar-refractivity contribution >= 4 is 6.08 Å². The molecule has 0 heteroatoms. The number of hydrogen-bond donors (Lipinski definition) is 0. The first-order chi connectivity index (χ1) is 14.4. The minimum Gasteiger partial charge on any atom is -0.0648 e. The van der Waals surface area contributed by atoms with Crippen molar-refractivity contribution in [1.29, 1.82) is 0 Å². The van der Waals surface area contributed by atoms with Gasteiger partial charge in [-0.05, 0) is 58.2 Å². The molecule has 0 bridgehead atoms. The van der Waals surface area contributed by atoms with E-state index in [0.29, 0.717) is 0 Å². The van der Waals surface area contributed by atoms with Gasteiger partial charge >= 0.3 is 0 Å². The van der Waals surface area contributed by atoms with Crippen molar-refractivity contribution in [3.63, 3.8) is 0 Å². The van der Waals surface area contributed by atoms with Crippen molar-refractivity contribution in [1.82, 2.24) is 0 Å². The molecule has 0 saturated heterocycles. The van der Waals surface area contributed by atoms with Gasteiger partial charge in [-0.2, -0.15) is 0 Å². The number of benzene rings is 4. The van der Waals surface area contributed by atoms with Crippen LogP contribution in [0.25, 0.3) is 28.3 Å². The second-order valence-electron chi connectivity index (χ2n) is 7.75. The third kappa shape index (κ3) is 3.67. The van der Waals surface area contributed by atoms with Crippen LogP contribution in [-0.2, 0) is 12.8 Å². The summed E-state index contributed by atoms with van der Waals surface area (Å²) in [6, 6.07) is 37.0. The summed E-state index contributed by atoms with van der Waals surface area (Å²) >= 11 is 0. The maximum absolute atomic E-state index is 2.45. The lowest BCUT2D eigenvalue weighted by Crippen LogP contribution is -1.94. The van der Waals surface area contributed by atoms with E-state index >= 15 is 0 Å². The Hall–Kier alpha value is -3.38. The average molecular weight is 373 g/mol. The van der Waals surface area contributed by atoms with Gasteiger partial charge in [0.15, 0.2) is 0 Å². The Labute approximate surface area is 173 Å². The molecular formula is C29H24. The number of rotatable bonds is 5. The van der Waals surface area contributed by atoms with Crippen molar-refractivity contribution in [3.8, 4) is 22.3 Å². The van der Waals surface area contributed by atoms with Crippen molar-refractivity contribution in [2.75, 3.05) is 0 Å². The van der Waals surface area contributed by atoms with E-state index in [1.54, 1.807) is 0 Å².